The summed E-state index contributed by atoms with van der Waals surface area (Å²) in [4.78, 5) is 6.48. The molecule has 0 saturated carbocycles. The van der Waals surface area contributed by atoms with E-state index < -0.39 is 0 Å². The van der Waals surface area contributed by atoms with E-state index in [2.05, 4.69) is 33.9 Å². The molecule has 0 bridgehead atoms. The Morgan fingerprint density at radius 3 is 2.71 bits per heavy atom. The summed E-state index contributed by atoms with van der Waals surface area (Å²) in [5.74, 6) is 0.887. The van der Waals surface area contributed by atoms with E-state index in [1.165, 1.54) is 0 Å². The van der Waals surface area contributed by atoms with Gasteiger partial charge >= 0.3 is 0 Å². The zero-order chi connectivity index (χ0) is 12.1. The highest BCUT2D eigenvalue weighted by atomic mass is 15.2. The molecule has 2 rings (SSSR count). The molecule has 0 unspecified atom stereocenters. The highest BCUT2D eigenvalue weighted by Gasteiger charge is 2.02. The number of rotatable bonds is 5. The zero-order valence-electron chi connectivity index (χ0n) is 10.3. The van der Waals surface area contributed by atoms with Crippen LogP contribution in [0.2, 0.25) is 0 Å². The molecule has 0 saturated heterocycles. The van der Waals surface area contributed by atoms with E-state index in [1.54, 1.807) is 0 Å². The van der Waals surface area contributed by atoms with Crippen molar-refractivity contribution >= 4 is 11.6 Å². The van der Waals surface area contributed by atoms with Crippen molar-refractivity contribution in [1.82, 2.24) is 14.5 Å². The third-order valence-corrected chi connectivity index (χ3v) is 2.53. The topological polar surface area (TPSA) is 33.1 Å². The van der Waals surface area contributed by atoms with Crippen LogP contribution in [0.15, 0.2) is 42.7 Å². The Morgan fingerprint density at radius 2 is 2.00 bits per heavy atom. The van der Waals surface area contributed by atoms with Crippen molar-refractivity contribution in [3.8, 4) is 0 Å². The van der Waals surface area contributed by atoms with Crippen LogP contribution < -0.4 is 5.32 Å². The van der Waals surface area contributed by atoms with Crippen molar-refractivity contribution in [3.05, 3.63) is 42.7 Å². The van der Waals surface area contributed by atoms with Crippen LogP contribution in [0.4, 0.5) is 11.6 Å². The average Bonchev–Trinajstić information content (AvgIpc) is 2.75. The Bertz CT molecular complexity index is 447. The van der Waals surface area contributed by atoms with Crippen molar-refractivity contribution in [2.24, 2.45) is 0 Å². The summed E-state index contributed by atoms with van der Waals surface area (Å²) in [5.41, 5.74) is 1.06. The summed E-state index contributed by atoms with van der Waals surface area (Å²) in [6.45, 7) is 1.93. The molecule has 4 heteroatoms. The summed E-state index contributed by atoms with van der Waals surface area (Å²) in [7, 11) is 4.14. The maximum atomic E-state index is 4.32. The number of hydrogen-bond donors (Lipinski definition) is 1. The molecule has 90 valence electrons. The van der Waals surface area contributed by atoms with Gasteiger partial charge in [0.05, 0.1) is 0 Å². The fourth-order valence-corrected chi connectivity index (χ4v) is 1.57. The van der Waals surface area contributed by atoms with Crippen LogP contribution in [0.3, 0.4) is 0 Å². The molecule has 0 aliphatic rings. The summed E-state index contributed by atoms with van der Waals surface area (Å²) < 4.78 is 2.12. The Morgan fingerprint density at radius 1 is 1.24 bits per heavy atom. The normalized spacial score (nSPS) is 10.8. The molecule has 1 aromatic carbocycles. The average molecular weight is 230 g/mol. The first-order chi connectivity index (χ1) is 8.25. The van der Waals surface area contributed by atoms with Gasteiger partial charge in [-0.3, -0.25) is 0 Å². The summed E-state index contributed by atoms with van der Waals surface area (Å²) in [6, 6.07) is 10.1. The van der Waals surface area contributed by atoms with E-state index in [-0.39, 0.29) is 0 Å². The number of benzene rings is 1. The number of nitrogens with zero attached hydrogens (tertiary/aromatic N) is 3. The van der Waals surface area contributed by atoms with E-state index in [4.69, 9.17) is 0 Å². The predicted octanol–water partition coefficient (Wildman–Crippen LogP) is 2.19. The lowest BCUT2D eigenvalue weighted by Crippen LogP contribution is -2.18. The molecule has 1 N–H and O–H groups in total. The van der Waals surface area contributed by atoms with Gasteiger partial charge in [0.15, 0.2) is 0 Å². The molecule has 4 nitrogen and oxygen atoms in total. The molecule has 0 spiro atoms. The quantitative estimate of drug-likeness (QED) is 0.854. The standard InChI is InChI=1S/C13H18N4/c1-16(2)10-11-17-9-8-14-13(17)15-12-6-4-3-5-7-12/h3-9H,10-11H2,1-2H3,(H,14,15). The molecular weight excluding hydrogens is 212 g/mol. The van der Waals surface area contributed by atoms with Gasteiger partial charge in [-0.1, -0.05) is 18.2 Å². The van der Waals surface area contributed by atoms with E-state index in [0.29, 0.717) is 0 Å². The minimum Gasteiger partial charge on any atom is -0.326 e. The van der Waals surface area contributed by atoms with Crippen molar-refractivity contribution in [2.75, 3.05) is 26.0 Å². The van der Waals surface area contributed by atoms with Crippen molar-refractivity contribution in [3.63, 3.8) is 0 Å². The second-order valence-corrected chi connectivity index (χ2v) is 4.24. The second kappa shape index (κ2) is 5.50. The minimum atomic E-state index is 0.887. The number of hydrogen-bond acceptors (Lipinski definition) is 3. The first-order valence-electron chi connectivity index (χ1n) is 5.73. The van der Waals surface area contributed by atoms with Crippen LogP contribution in [0.1, 0.15) is 0 Å². The first kappa shape index (κ1) is 11.7. The number of likely N-dealkylation sites (N-methyl/N-ethyl adjacent to an activating group) is 1. The number of aromatic nitrogens is 2. The zero-order valence-corrected chi connectivity index (χ0v) is 10.3. The Balaban J connectivity index is 2.04. The minimum absolute atomic E-state index is 0.887. The highest BCUT2D eigenvalue weighted by Crippen LogP contribution is 2.13. The Hall–Kier alpha value is -1.81. The molecule has 1 heterocycles. The van der Waals surface area contributed by atoms with Gasteiger partial charge in [0, 0.05) is 31.2 Å². The van der Waals surface area contributed by atoms with Gasteiger partial charge in [0.1, 0.15) is 0 Å². The fraction of sp³-hybridized carbons (Fsp3) is 0.308. The lowest BCUT2D eigenvalue weighted by Gasteiger charge is -2.13. The Kier molecular flexibility index (Phi) is 3.77. The van der Waals surface area contributed by atoms with E-state index in [0.717, 1.165) is 24.7 Å². The van der Waals surface area contributed by atoms with Gasteiger partial charge < -0.3 is 14.8 Å². The van der Waals surface area contributed by atoms with Crippen molar-refractivity contribution in [2.45, 2.75) is 6.54 Å². The monoisotopic (exact) mass is 230 g/mol. The van der Waals surface area contributed by atoms with Crippen LogP contribution >= 0.6 is 0 Å². The van der Waals surface area contributed by atoms with Gasteiger partial charge in [0.25, 0.3) is 0 Å². The molecule has 1 aromatic heterocycles. The SMILES string of the molecule is CN(C)CCn1ccnc1Nc1ccccc1. The van der Waals surface area contributed by atoms with Gasteiger partial charge in [-0.05, 0) is 26.2 Å². The molecule has 0 radical (unpaired) electrons. The van der Waals surface area contributed by atoms with Gasteiger partial charge in [-0.2, -0.15) is 0 Å². The smallest absolute Gasteiger partial charge is 0.207 e. The van der Waals surface area contributed by atoms with Gasteiger partial charge in [-0.25, -0.2) is 4.98 Å². The van der Waals surface area contributed by atoms with E-state index >= 15 is 0 Å². The summed E-state index contributed by atoms with van der Waals surface area (Å²) in [5, 5.41) is 3.31. The van der Waals surface area contributed by atoms with Crippen molar-refractivity contribution < 1.29 is 0 Å². The van der Waals surface area contributed by atoms with E-state index in [9.17, 15) is 0 Å². The lowest BCUT2D eigenvalue weighted by molar-refractivity contribution is 0.385. The largest absolute Gasteiger partial charge is 0.326 e. The third-order valence-electron chi connectivity index (χ3n) is 2.53. The number of para-hydroxylation sites is 1. The number of anilines is 2. The first-order valence-corrected chi connectivity index (χ1v) is 5.73. The Labute approximate surface area is 102 Å². The third kappa shape index (κ3) is 3.32. The molecular formula is C13H18N4. The van der Waals surface area contributed by atoms with Crippen LogP contribution in [-0.2, 0) is 6.54 Å². The predicted molar refractivity (Wildman–Crippen MR) is 70.5 cm³/mol. The molecule has 0 aliphatic carbocycles. The maximum absolute atomic E-state index is 4.32. The van der Waals surface area contributed by atoms with Gasteiger partial charge in [0.2, 0.25) is 5.95 Å². The van der Waals surface area contributed by atoms with Gasteiger partial charge in [-0.15, -0.1) is 0 Å². The van der Waals surface area contributed by atoms with Crippen LogP contribution in [0.25, 0.3) is 0 Å². The second-order valence-electron chi connectivity index (χ2n) is 4.24. The number of imidazole rings is 1. The molecule has 2 aromatic rings. The number of nitrogens with one attached hydrogen (secondary N) is 1. The van der Waals surface area contributed by atoms with Crippen LogP contribution in [0, 0.1) is 0 Å². The van der Waals surface area contributed by atoms with E-state index in [1.807, 2.05) is 42.7 Å². The summed E-state index contributed by atoms with van der Waals surface area (Å²) >= 11 is 0. The summed E-state index contributed by atoms with van der Waals surface area (Å²) in [6.07, 6.45) is 3.82. The molecule has 0 atom stereocenters. The molecule has 0 aliphatic heterocycles. The van der Waals surface area contributed by atoms with Crippen LogP contribution in [-0.4, -0.2) is 35.1 Å². The molecule has 0 amide bonds. The molecule has 17 heavy (non-hydrogen) atoms. The van der Waals surface area contributed by atoms with Crippen molar-refractivity contribution in [1.29, 1.82) is 0 Å². The fourth-order valence-electron chi connectivity index (χ4n) is 1.57. The lowest BCUT2D eigenvalue weighted by atomic mass is 10.3. The van der Waals surface area contributed by atoms with Crippen LogP contribution in [0.5, 0.6) is 0 Å². The maximum Gasteiger partial charge on any atom is 0.207 e. The highest BCUT2D eigenvalue weighted by molar-refractivity contribution is 5.52. The molecule has 0 fully saturated rings.